The van der Waals surface area contributed by atoms with Gasteiger partial charge >= 0.3 is 6.09 Å². The largest absolute Gasteiger partial charge is 0.444 e. The lowest BCUT2D eigenvalue weighted by Crippen LogP contribution is -2.41. The number of carbonyl (C=O) groups excluding carboxylic acids is 1. The van der Waals surface area contributed by atoms with E-state index in [1.165, 1.54) is 4.88 Å². The summed E-state index contributed by atoms with van der Waals surface area (Å²) in [6, 6.07) is 0.152. The maximum atomic E-state index is 11.7. The molecule has 100 valence electrons. The molecule has 6 heteroatoms. The number of nitrogens with zero attached hydrogens (tertiary/aromatic N) is 1. The summed E-state index contributed by atoms with van der Waals surface area (Å²) < 4.78 is 6.18. The maximum absolute atomic E-state index is 11.7. The molecule has 0 saturated carbocycles. The fraction of sp³-hybridized carbons (Fsp3) is 0.667. The van der Waals surface area contributed by atoms with Crippen molar-refractivity contribution in [3.63, 3.8) is 0 Å². The number of hydrogen-bond donors (Lipinski definition) is 1. The quantitative estimate of drug-likeness (QED) is 0.858. The number of amides is 1. The molecule has 1 aliphatic carbocycles. The van der Waals surface area contributed by atoms with Crippen LogP contribution >= 0.6 is 27.3 Å². The van der Waals surface area contributed by atoms with Crippen LogP contribution in [0.4, 0.5) is 4.79 Å². The van der Waals surface area contributed by atoms with Crippen LogP contribution in [0.2, 0.25) is 0 Å². The van der Waals surface area contributed by atoms with Crippen molar-refractivity contribution in [2.24, 2.45) is 0 Å². The Balaban J connectivity index is 1.91. The first-order valence-electron chi connectivity index (χ1n) is 5.97. The van der Waals surface area contributed by atoms with Crippen molar-refractivity contribution in [3.05, 3.63) is 14.5 Å². The van der Waals surface area contributed by atoms with Crippen molar-refractivity contribution >= 4 is 33.4 Å². The highest BCUT2D eigenvalue weighted by molar-refractivity contribution is 9.11. The summed E-state index contributed by atoms with van der Waals surface area (Å²) in [7, 11) is 0. The Bertz CT molecular complexity index is 453. The smallest absolute Gasteiger partial charge is 0.407 e. The molecule has 1 unspecified atom stereocenters. The van der Waals surface area contributed by atoms with E-state index in [1.807, 2.05) is 20.8 Å². The first-order chi connectivity index (χ1) is 8.33. The van der Waals surface area contributed by atoms with Crippen LogP contribution < -0.4 is 5.32 Å². The summed E-state index contributed by atoms with van der Waals surface area (Å²) in [5.74, 6) is 0. The number of aryl methyl sites for hydroxylation is 1. The molecule has 1 aromatic heterocycles. The number of thiazole rings is 1. The predicted octanol–water partition coefficient (Wildman–Crippen LogP) is 3.29. The molecular formula is C12H17BrN2O2S. The normalized spacial score (nSPS) is 19.2. The van der Waals surface area contributed by atoms with Crippen LogP contribution in [0.15, 0.2) is 3.92 Å². The van der Waals surface area contributed by atoms with Crippen LogP contribution in [-0.2, 0) is 17.6 Å². The molecule has 0 aromatic carbocycles. The predicted molar refractivity (Wildman–Crippen MR) is 75.0 cm³/mol. The molecule has 1 aromatic rings. The monoisotopic (exact) mass is 332 g/mol. The highest BCUT2D eigenvalue weighted by Gasteiger charge is 2.25. The number of rotatable bonds is 1. The average Bonchev–Trinajstić information content (AvgIpc) is 2.53. The third kappa shape index (κ3) is 3.68. The highest BCUT2D eigenvalue weighted by atomic mass is 79.9. The zero-order valence-electron chi connectivity index (χ0n) is 10.7. The summed E-state index contributed by atoms with van der Waals surface area (Å²) >= 11 is 5.05. The third-order valence-electron chi connectivity index (χ3n) is 2.63. The van der Waals surface area contributed by atoms with Gasteiger partial charge in [0, 0.05) is 17.3 Å². The van der Waals surface area contributed by atoms with E-state index in [2.05, 4.69) is 26.2 Å². The molecule has 18 heavy (non-hydrogen) atoms. The van der Waals surface area contributed by atoms with Gasteiger partial charge in [-0.2, -0.15) is 0 Å². The summed E-state index contributed by atoms with van der Waals surface area (Å²) in [4.78, 5) is 17.4. The van der Waals surface area contributed by atoms with Crippen LogP contribution in [0, 0.1) is 0 Å². The lowest BCUT2D eigenvalue weighted by atomic mass is 9.98. The highest BCUT2D eigenvalue weighted by Crippen LogP contribution is 2.29. The van der Waals surface area contributed by atoms with Crippen LogP contribution in [-0.4, -0.2) is 22.7 Å². The zero-order valence-corrected chi connectivity index (χ0v) is 13.2. The number of alkyl carbamates (subject to hydrolysis) is 1. The van der Waals surface area contributed by atoms with Gasteiger partial charge < -0.3 is 10.1 Å². The Morgan fingerprint density at radius 2 is 2.28 bits per heavy atom. The summed E-state index contributed by atoms with van der Waals surface area (Å²) in [6.45, 7) is 5.60. The second kappa shape index (κ2) is 5.17. The number of halogens is 1. The molecule has 1 heterocycles. The third-order valence-corrected chi connectivity index (χ3v) is 4.21. The Morgan fingerprint density at radius 1 is 1.56 bits per heavy atom. The van der Waals surface area contributed by atoms with Gasteiger partial charge in [0.1, 0.15) is 5.60 Å². The Hall–Kier alpha value is -0.620. The van der Waals surface area contributed by atoms with E-state index in [9.17, 15) is 4.79 Å². The van der Waals surface area contributed by atoms with Gasteiger partial charge in [0.2, 0.25) is 0 Å². The van der Waals surface area contributed by atoms with Crippen molar-refractivity contribution in [2.45, 2.75) is 51.7 Å². The average molecular weight is 333 g/mol. The molecule has 0 aliphatic heterocycles. The van der Waals surface area contributed by atoms with Crippen LogP contribution in [0.25, 0.3) is 0 Å². The standard InChI is InChI=1S/C12H17BrN2O2S/c1-12(2,3)17-11(16)14-7-4-5-8-9(6-7)18-10(13)15-8/h7H,4-6H2,1-3H3,(H,14,16). The number of nitrogens with one attached hydrogen (secondary N) is 1. The number of hydrogen-bond acceptors (Lipinski definition) is 4. The molecule has 0 spiro atoms. The van der Waals surface area contributed by atoms with Crippen molar-refractivity contribution < 1.29 is 9.53 Å². The molecule has 1 aliphatic rings. The first-order valence-corrected chi connectivity index (χ1v) is 7.58. The summed E-state index contributed by atoms with van der Waals surface area (Å²) in [5, 5.41) is 2.93. The molecule has 2 rings (SSSR count). The van der Waals surface area contributed by atoms with Crippen LogP contribution in [0.3, 0.4) is 0 Å². The molecule has 4 nitrogen and oxygen atoms in total. The zero-order chi connectivity index (χ0) is 13.3. The fourth-order valence-corrected chi connectivity index (χ4v) is 3.65. The Kier molecular flexibility index (Phi) is 3.96. The van der Waals surface area contributed by atoms with Crippen LogP contribution in [0.5, 0.6) is 0 Å². The topological polar surface area (TPSA) is 51.2 Å². The Morgan fingerprint density at radius 3 is 2.94 bits per heavy atom. The molecule has 1 amide bonds. The van der Waals surface area contributed by atoms with Crippen LogP contribution in [0.1, 0.15) is 37.8 Å². The van der Waals surface area contributed by atoms with E-state index in [0.717, 1.165) is 28.9 Å². The van der Waals surface area contributed by atoms with E-state index >= 15 is 0 Å². The van der Waals surface area contributed by atoms with Gasteiger partial charge in [0.15, 0.2) is 3.92 Å². The minimum atomic E-state index is -0.447. The van der Waals surface area contributed by atoms with Gasteiger partial charge in [0.25, 0.3) is 0 Å². The number of ether oxygens (including phenoxy) is 1. The van der Waals surface area contributed by atoms with Gasteiger partial charge in [-0.05, 0) is 49.5 Å². The first kappa shape index (κ1) is 13.8. The van der Waals surface area contributed by atoms with E-state index in [1.54, 1.807) is 11.3 Å². The van der Waals surface area contributed by atoms with E-state index in [4.69, 9.17) is 4.74 Å². The molecule has 0 saturated heterocycles. The summed E-state index contributed by atoms with van der Waals surface area (Å²) in [6.07, 6.45) is 2.34. The van der Waals surface area contributed by atoms with Gasteiger partial charge in [0.05, 0.1) is 5.69 Å². The molecule has 0 bridgehead atoms. The van der Waals surface area contributed by atoms with Gasteiger partial charge in [-0.3, -0.25) is 0 Å². The van der Waals surface area contributed by atoms with Gasteiger partial charge in [-0.1, -0.05) is 0 Å². The van der Waals surface area contributed by atoms with Gasteiger partial charge in [-0.15, -0.1) is 11.3 Å². The molecule has 0 fully saturated rings. The second-order valence-electron chi connectivity index (χ2n) is 5.42. The van der Waals surface area contributed by atoms with Crippen molar-refractivity contribution in [1.82, 2.24) is 10.3 Å². The minimum Gasteiger partial charge on any atom is -0.444 e. The summed E-state index contributed by atoms with van der Waals surface area (Å²) in [5.41, 5.74) is 0.714. The van der Waals surface area contributed by atoms with Gasteiger partial charge in [-0.25, -0.2) is 9.78 Å². The lowest BCUT2D eigenvalue weighted by molar-refractivity contribution is 0.0500. The number of aromatic nitrogens is 1. The van der Waals surface area contributed by atoms with Crippen molar-refractivity contribution in [2.75, 3.05) is 0 Å². The Labute approximate surface area is 119 Å². The molecule has 1 N–H and O–H groups in total. The number of carbonyl (C=O) groups is 1. The van der Waals surface area contributed by atoms with Crippen molar-refractivity contribution in [1.29, 1.82) is 0 Å². The molecule has 0 radical (unpaired) electrons. The van der Waals surface area contributed by atoms with E-state index in [-0.39, 0.29) is 12.1 Å². The lowest BCUT2D eigenvalue weighted by Gasteiger charge is -2.25. The van der Waals surface area contributed by atoms with Crippen molar-refractivity contribution in [3.8, 4) is 0 Å². The molecule has 1 atom stereocenters. The second-order valence-corrected chi connectivity index (χ2v) is 7.78. The maximum Gasteiger partial charge on any atom is 0.407 e. The SMILES string of the molecule is CC(C)(C)OC(=O)NC1CCc2nc(Br)sc2C1. The number of fused-ring (bicyclic) bond motifs is 1. The van der Waals surface area contributed by atoms with E-state index < -0.39 is 5.60 Å². The molecular weight excluding hydrogens is 316 g/mol. The fourth-order valence-electron chi connectivity index (χ4n) is 1.94. The van der Waals surface area contributed by atoms with E-state index in [0.29, 0.717) is 0 Å². The minimum absolute atomic E-state index is 0.152.